The first kappa shape index (κ1) is 17.8. The minimum Gasteiger partial charge on any atom is -0.452 e. The van der Waals surface area contributed by atoms with Gasteiger partial charge in [0.25, 0.3) is 5.91 Å². The molecule has 4 aliphatic rings. The predicted molar refractivity (Wildman–Crippen MR) is 107 cm³/mol. The second kappa shape index (κ2) is 6.64. The number of hydrogen-bond acceptors (Lipinski definition) is 3. The van der Waals surface area contributed by atoms with Gasteiger partial charge >= 0.3 is 5.97 Å². The molecule has 5 nitrogen and oxygen atoms in total. The molecule has 1 heterocycles. The van der Waals surface area contributed by atoms with E-state index in [1.165, 1.54) is 19.3 Å². The molecule has 4 bridgehead atoms. The third-order valence-electron chi connectivity index (χ3n) is 7.11. The standard InChI is InChI=1S/C23H28N2O3/c1-14(28-21(26)9-18-13-24-20-5-3-2-4-19(18)20)22(27)25-23-10-15-6-16(11-23)8-17(7-15)12-23/h2-5,13-17,24H,6-12H2,1H3,(H,25,27)/t14-,15?,16?,17?,23?/m1/s1. The van der Waals surface area contributed by atoms with Crippen molar-refractivity contribution in [2.24, 2.45) is 17.8 Å². The van der Waals surface area contributed by atoms with Crippen molar-refractivity contribution in [3.63, 3.8) is 0 Å². The summed E-state index contributed by atoms with van der Waals surface area (Å²) < 4.78 is 5.48. The number of aromatic nitrogens is 1. The molecule has 4 fully saturated rings. The zero-order valence-corrected chi connectivity index (χ0v) is 16.4. The molecule has 4 aliphatic carbocycles. The van der Waals surface area contributed by atoms with Gasteiger partial charge in [-0.2, -0.15) is 0 Å². The highest BCUT2D eigenvalue weighted by Crippen LogP contribution is 2.55. The van der Waals surface area contributed by atoms with Gasteiger partial charge in [-0.3, -0.25) is 9.59 Å². The van der Waals surface area contributed by atoms with Crippen molar-refractivity contribution >= 4 is 22.8 Å². The van der Waals surface area contributed by atoms with Gasteiger partial charge in [-0.05, 0) is 74.8 Å². The van der Waals surface area contributed by atoms with Crippen LogP contribution in [-0.4, -0.2) is 28.5 Å². The second-order valence-corrected chi connectivity index (χ2v) is 9.36. The Hall–Kier alpha value is -2.30. The maximum atomic E-state index is 12.8. The van der Waals surface area contributed by atoms with Crippen molar-refractivity contribution in [2.75, 3.05) is 0 Å². The Labute approximate surface area is 165 Å². The number of carbonyl (C=O) groups excluding carboxylic acids is 2. The molecule has 1 atom stereocenters. The monoisotopic (exact) mass is 380 g/mol. The molecule has 0 spiro atoms. The fourth-order valence-corrected chi connectivity index (χ4v) is 6.35. The van der Waals surface area contributed by atoms with Crippen LogP contribution in [0.15, 0.2) is 30.5 Å². The number of esters is 1. The van der Waals surface area contributed by atoms with Crippen LogP contribution in [0.25, 0.3) is 10.9 Å². The molecule has 0 radical (unpaired) electrons. The quantitative estimate of drug-likeness (QED) is 0.777. The summed E-state index contributed by atoms with van der Waals surface area (Å²) >= 11 is 0. The molecule has 5 heteroatoms. The van der Waals surface area contributed by atoms with Crippen LogP contribution in [0, 0.1) is 17.8 Å². The maximum Gasteiger partial charge on any atom is 0.311 e. The second-order valence-electron chi connectivity index (χ2n) is 9.36. The molecule has 148 valence electrons. The number of nitrogens with one attached hydrogen (secondary N) is 2. The summed E-state index contributed by atoms with van der Waals surface area (Å²) in [5, 5.41) is 4.31. The minimum absolute atomic E-state index is 0.0522. The van der Waals surface area contributed by atoms with Gasteiger partial charge in [0.2, 0.25) is 0 Å². The lowest BCUT2D eigenvalue weighted by molar-refractivity contribution is -0.156. The number of carbonyl (C=O) groups is 2. The van der Waals surface area contributed by atoms with Crippen molar-refractivity contribution in [3.8, 4) is 0 Å². The summed E-state index contributed by atoms with van der Waals surface area (Å²) in [5.41, 5.74) is 1.84. The molecule has 4 saturated carbocycles. The Bertz CT molecular complexity index is 880. The summed E-state index contributed by atoms with van der Waals surface area (Å²) in [6.45, 7) is 1.68. The van der Waals surface area contributed by atoms with E-state index in [2.05, 4.69) is 10.3 Å². The highest BCUT2D eigenvalue weighted by Gasteiger charge is 2.51. The average Bonchev–Trinajstić information content (AvgIpc) is 3.03. The third-order valence-corrected chi connectivity index (χ3v) is 7.11. The number of fused-ring (bicyclic) bond motifs is 1. The fourth-order valence-electron chi connectivity index (χ4n) is 6.35. The highest BCUT2D eigenvalue weighted by molar-refractivity contribution is 5.88. The molecule has 1 amide bonds. The van der Waals surface area contributed by atoms with E-state index in [0.29, 0.717) is 0 Å². The summed E-state index contributed by atoms with van der Waals surface area (Å²) in [5.74, 6) is 1.80. The first-order chi connectivity index (χ1) is 13.5. The van der Waals surface area contributed by atoms with Crippen LogP contribution in [0.1, 0.15) is 51.0 Å². The Kier molecular flexibility index (Phi) is 4.22. The molecule has 28 heavy (non-hydrogen) atoms. The number of benzene rings is 1. The molecule has 1 aromatic carbocycles. The number of rotatable bonds is 5. The average molecular weight is 380 g/mol. The van der Waals surface area contributed by atoms with E-state index in [1.807, 2.05) is 30.5 Å². The Morgan fingerprint density at radius 2 is 1.79 bits per heavy atom. The van der Waals surface area contributed by atoms with Crippen LogP contribution >= 0.6 is 0 Å². The van der Waals surface area contributed by atoms with Gasteiger partial charge in [-0.25, -0.2) is 0 Å². The van der Waals surface area contributed by atoms with Gasteiger partial charge in [0, 0.05) is 22.6 Å². The normalized spacial score (nSPS) is 31.7. The first-order valence-corrected chi connectivity index (χ1v) is 10.6. The Morgan fingerprint density at radius 1 is 1.14 bits per heavy atom. The van der Waals surface area contributed by atoms with Crippen molar-refractivity contribution in [2.45, 2.75) is 63.5 Å². The first-order valence-electron chi connectivity index (χ1n) is 10.6. The zero-order valence-electron chi connectivity index (χ0n) is 16.4. The SMILES string of the molecule is C[C@@H](OC(=O)Cc1c[nH]c2ccccc12)C(=O)NC12CC3CC(CC(C3)C1)C2. The molecule has 2 N–H and O–H groups in total. The molecule has 0 unspecified atom stereocenters. The van der Waals surface area contributed by atoms with Gasteiger partial charge < -0.3 is 15.0 Å². The van der Waals surface area contributed by atoms with Gasteiger partial charge in [0.15, 0.2) is 6.10 Å². The zero-order chi connectivity index (χ0) is 19.3. The van der Waals surface area contributed by atoms with E-state index in [1.54, 1.807) is 6.92 Å². The fraction of sp³-hybridized carbons (Fsp3) is 0.565. The topological polar surface area (TPSA) is 71.2 Å². The van der Waals surface area contributed by atoms with Crippen molar-refractivity contribution < 1.29 is 14.3 Å². The van der Waals surface area contributed by atoms with E-state index in [4.69, 9.17) is 4.74 Å². The van der Waals surface area contributed by atoms with E-state index >= 15 is 0 Å². The maximum absolute atomic E-state index is 12.8. The van der Waals surface area contributed by atoms with Crippen LogP contribution in [0.3, 0.4) is 0 Å². The molecule has 6 rings (SSSR count). The minimum atomic E-state index is -0.759. The van der Waals surface area contributed by atoms with Crippen molar-refractivity contribution in [1.29, 1.82) is 0 Å². The molecular weight excluding hydrogens is 352 g/mol. The molecule has 0 saturated heterocycles. The molecule has 2 aromatic rings. The van der Waals surface area contributed by atoms with Gasteiger partial charge in [-0.1, -0.05) is 18.2 Å². The van der Waals surface area contributed by atoms with Crippen LogP contribution < -0.4 is 5.32 Å². The predicted octanol–water partition coefficient (Wildman–Crippen LogP) is 3.73. The van der Waals surface area contributed by atoms with Crippen LogP contribution in [0.4, 0.5) is 0 Å². The van der Waals surface area contributed by atoms with Crippen molar-refractivity contribution in [3.05, 3.63) is 36.0 Å². The Morgan fingerprint density at radius 3 is 2.46 bits per heavy atom. The summed E-state index contributed by atoms with van der Waals surface area (Å²) in [4.78, 5) is 28.4. The van der Waals surface area contributed by atoms with E-state index < -0.39 is 6.10 Å². The summed E-state index contributed by atoms with van der Waals surface area (Å²) in [6.07, 6.45) is 8.55. The largest absolute Gasteiger partial charge is 0.452 e. The van der Waals surface area contributed by atoms with E-state index in [0.717, 1.165) is 53.5 Å². The van der Waals surface area contributed by atoms with Gasteiger partial charge in [0.1, 0.15) is 0 Å². The van der Waals surface area contributed by atoms with Crippen molar-refractivity contribution in [1.82, 2.24) is 10.3 Å². The third kappa shape index (κ3) is 3.21. The lowest BCUT2D eigenvalue weighted by Crippen LogP contribution is -2.61. The number of hydrogen-bond donors (Lipinski definition) is 2. The lowest BCUT2D eigenvalue weighted by atomic mass is 9.53. The Balaban J connectivity index is 1.20. The van der Waals surface area contributed by atoms with Crippen LogP contribution in [0.5, 0.6) is 0 Å². The number of ether oxygens (including phenoxy) is 1. The lowest BCUT2D eigenvalue weighted by Gasteiger charge is -2.57. The van der Waals surface area contributed by atoms with Gasteiger partial charge in [0.05, 0.1) is 6.42 Å². The molecule has 1 aromatic heterocycles. The number of aromatic amines is 1. The van der Waals surface area contributed by atoms with E-state index in [9.17, 15) is 9.59 Å². The van der Waals surface area contributed by atoms with Crippen LogP contribution in [-0.2, 0) is 20.7 Å². The smallest absolute Gasteiger partial charge is 0.311 e. The number of H-pyrrole nitrogens is 1. The van der Waals surface area contributed by atoms with Gasteiger partial charge in [-0.15, -0.1) is 0 Å². The number of amides is 1. The summed E-state index contributed by atoms with van der Waals surface area (Å²) in [7, 11) is 0. The molecular formula is C23H28N2O3. The summed E-state index contributed by atoms with van der Waals surface area (Å²) in [6, 6.07) is 7.87. The van der Waals surface area contributed by atoms with Crippen LogP contribution in [0.2, 0.25) is 0 Å². The molecule has 0 aliphatic heterocycles. The highest BCUT2D eigenvalue weighted by atomic mass is 16.5. The van der Waals surface area contributed by atoms with E-state index in [-0.39, 0.29) is 23.8 Å². The number of para-hydroxylation sites is 1.